The van der Waals surface area contributed by atoms with E-state index in [2.05, 4.69) is 5.16 Å². The summed E-state index contributed by atoms with van der Waals surface area (Å²) < 4.78 is 15.6. The van der Waals surface area contributed by atoms with Crippen LogP contribution in [0.15, 0.2) is 34.9 Å². The first kappa shape index (κ1) is 10.6. The first-order valence-corrected chi connectivity index (χ1v) is 5.66. The van der Waals surface area contributed by atoms with Crippen molar-refractivity contribution in [2.75, 3.05) is 13.2 Å². The smallest absolute Gasteiger partial charge is 0.254 e. The molecule has 0 N–H and O–H groups in total. The molecule has 88 valence electrons. The molecule has 17 heavy (non-hydrogen) atoms. The van der Waals surface area contributed by atoms with Gasteiger partial charge in [-0.15, -0.1) is 0 Å². The highest BCUT2D eigenvalue weighted by molar-refractivity contribution is 6.30. The average molecular weight is 252 g/mol. The Labute approximate surface area is 103 Å². The topological polar surface area (TPSA) is 47.8 Å². The van der Waals surface area contributed by atoms with Crippen LogP contribution in [-0.2, 0) is 4.74 Å². The summed E-state index contributed by atoms with van der Waals surface area (Å²) in [4.78, 5) is 0. The number of aromatic nitrogens is 1. The molecule has 1 saturated heterocycles. The van der Waals surface area contributed by atoms with Crippen LogP contribution in [-0.4, -0.2) is 24.5 Å². The maximum Gasteiger partial charge on any atom is 0.254 e. The highest BCUT2D eigenvalue weighted by Crippen LogP contribution is 2.26. The zero-order chi connectivity index (χ0) is 11.7. The van der Waals surface area contributed by atoms with Crippen LogP contribution < -0.4 is 4.74 Å². The van der Waals surface area contributed by atoms with Gasteiger partial charge in [-0.05, 0) is 17.3 Å². The van der Waals surface area contributed by atoms with Crippen molar-refractivity contribution in [2.24, 2.45) is 0 Å². The van der Waals surface area contributed by atoms with Gasteiger partial charge in [0, 0.05) is 16.7 Å². The molecule has 1 unspecified atom stereocenters. The first-order chi connectivity index (χ1) is 8.31. The molecule has 2 aromatic rings. The van der Waals surface area contributed by atoms with E-state index in [0.717, 1.165) is 12.2 Å². The summed E-state index contributed by atoms with van der Waals surface area (Å²) >= 11 is 5.90. The number of hydrogen-bond acceptors (Lipinski definition) is 4. The molecule has 2 heterocycles. The van der Waals surface area contributed by atoms with Gasteiger partial charge in [0.1, 0.15) is 12.7 Å². The summed E-state index contributed by atoms with van der Waals surface area (Å²) in [6, 6.07) is 9.13. The molecule has 1 atom stereocenters. The quantitative estimate of drug-likeness (QED) is 0.784. The Hall–Kier alpha value is -1.52. The largest absolute Gasteiger partial charge is 0.473 e. The maximum atomic E-state index is 5.90. The Morgan fingerprint density at radius 1 is 1.41 bits per heavy atom. The van der Waals surface area contributed by atoms with E-state index in [1.807, 2.05) is 24.3 Å². The van der Waals surface area contributed by atoms with E-state index in [4.69, 9.17) is 25.6 Å². The van der Waals surface area contributed by atoms with Crippen LogP contribution in [0.25, 0.3) is 11.3 Å². The maximum absolute atomic E-state index is 5.90. The predicted octanol–water partition coefficient (Wildman–Crippen LogP) is 2.77. The summed E-state index contributed by atoms with van der Waals surface area (Å²) in [7, 11) is 0. The third-order valence-corrected chi connectivity index (χ3v) is 2.65. The van der Waals surface area contributed by atoms with Gasteiger partial charge in [0.15, 0.2) is 5.76 Å². The Balaban J connectivity index is 1.74. The van der Waals surface area contributed by atoms with Gasteiger partial charge in [-0.1, -0.05) is 23.7 Å². The average Bonchev–Trinajstić information content (AvgIpc) is 3.04. The molecule has 0 bridgehead atoms. The van der Waals surface area contributed by atoms with Crippen molar-refractivity contribution in [2.45, 2.75) is 6.10 Å². The number of benzene rings is 1. The first-order valence-electron chi connectivity index (χ1n) is 5.28. The zero-order valence-electron chi connectivity index (χ0n) is 8.93. The second-order valence-corrected chi connectivity index (χ2v) is 4.24. The van der Waals surface area contributed by atoms with Crippen molar-refractivity contribution < 1.29 is 14.0 Å². The van der Waals surface area contributed by atoms with Gasteiger partial charge in [0.05, 0.1) is 6.61 Å². The van der Waals surface area contributed by atoms with E-state index in [-0.39, 0.29) is 6.10 Å². The SMILES string of the molecule is Clc1cccc(-c2cc(OCC3CO3)no2)c1. The van der Waals surface area contributed by atoms with Crippen molar-refractivity contribution in [1.82, 2.24) is 5.16 Å². The van der Waals surface area contributed by atoms with Gasteiger partial charge in [-0.25, -0.2) is 0 Å². The lowest BCUT2D eigenvalue weighted by molar-refractivity contribution is 0.242. The number of epoxide rings is 1. The fourth-order valence-corrected chi connectivity index (χ4v) is 1.64. The second-order valence-electron chi connectivity index (χ2n) is 3.81. The van der Waals surface area contributed by atoms with Crippen molar-refractivity contribution in [3.8, 4) is 17.2 Å². The van der Waals surface area contributed by atoms with Crippen molar-refractivity contribution in [3.05, 3.63) is 35.4 Å². The van der Waals surface area contributed by atoms with Gasteiger partial charge in [0.2, 0.25) is 0 Å². The molecule has 0 spiro atoms. The van der Waals surface area contributed by atoms with Crippen LogP contribution in [0.5, 0.6) is 5.88 Å². The standard InChI is InChI=1S/C12H10ClNO3/c13-9-3-1-2-8(4-9)11-5-12(14-17-11)16-7-10-6-15-10/h1-5,10H,6-7H2. The van der Waals surface area contributed by atoms with E-state index in [9.17, 15) is 0 Å². The normalized spacial score (nSPS) is 18.1. The zero-order valence-corrected chi connectivity index (χ0v) is 9.68. The lowest BCUT2D eigenvalue weighted by Crippen LogP contribution is -2.03. The van der Waals surface area contributed by atoms with E-state index in [0.29, 0.717) is 23.3 Å². The third kappa shape index (κ3) is 2.60. The van der Waals surface area contributed by atoms with Crippen molar-refractivity contribution in [3.63, 3.8) is 0 Å². The second kappa shape index (κ2) is 4.39. The highest BCUT2D eigenvalue weighted by atomic mass is 35.5. The van der Waals surface area contributed by atoms with Gasteiger partial charge >= 0.3 is 0 Å². The van der Waals surface area contributed by atoms with Gasteiger partial charge in [0.25, 0.3) is 5.88 Å². The van der Waals surface area contributed by atoms with E-state index >= 15 is 0 Å². The molecule has 0 radical (unpaired) electrons. The Kier molecular flexibility index (Phi) is 2.74. The lowest BCUT2D eigenvalue weighted by Gasteiger charge is -1.96. The molecule has 1 aliphatic rings. The summed E-state index contributed by atoms with van der Waals surface area (Å²) in [5, 5.41) is 4.49. The molecular formula is C12H10ClNO3. The lowest BCUT2D eigenvalue weighted by atomic mass is 10.2. The number of rotatable bonds is 4. The molecule has 0 amide bonds. The fraction of sp³-hybridized carbons (Fsp3) is 0.250. The minimum atomic E-state index is 0.210. The van der Waals surface area contributed by atoms with Gasteiger partial charge < -0.3 is 14.0 Å². The third-order valence-electron chi connectivity index (χ3n) is 2.42. The summed E-state index contributed by atoms with van der Waals surface area (Å²) in [6.45, 7) is 1.28. The monoisotopic (exact) mass is 251 g/mol. The van der Waals surface area contributed by atoms with Crippen LogP contribution >= 0.6 is 11.6 Å². The molecule has 0 saturated carbocycles. The van der Waals surface area contributed by atoms with E-state index in [1.165, 1.54) is 0 Å². The molecule has 1 fully saturated rings. The van der Waals surface area contributed by atoms with Gasteiger partial charge in [-0.3, -0.25) is 0 Å². The fourth-order valence-electron chi connectivity index (χ4n) is 1.45. The Bertz CT molecular complexity index is 522. The summed E-state index contributed by atoms with van der Waals surface area (Å²) in [5.74, 6) is 1.11. The van der Waals surface area contributed by atoms with E-state index < -0.39 is 0 Å². The Morgan fingerprint density at radius 2 is 2.29 bits per heavy atom. The molecular weight excluding hydrogens is 242 g/mol. The minimum absolute atomic E-state index is 0.210. The van der Waals surface area contributed by atoms with Crippen LogP contribution in [0.4, 0.5) is 0 Å². The molecule has 4 nitrogen and oxygen atoms in total. The van der Waals surface area contributed by atoms with Crippen molar-refractivity contribution >= 4 is 11.6 Å². The van der Waals surface area contributed by atoms with Crippen LogP contribution in [0.3, 0.4) is 0 Å². The van der Waals surface area contributed by atoms with Crippen LogP contribution in [0.1, 0.15) is 0 Å². The number of ether oxygens (including phenoxy) is 2. The summed E-state index contributed by atoms with van der Waals surface area (Å²) in [5.41, 5.74) is 0.877. The molecule has 5 heteroatoms. The van der Waals surface area contributed by atoms with Crippen LogP contribution in [0.2, 0.25) is 5.02 Å². The van der Waals surface area contributed by atoms with Crippen LogP contribution in [0, 0.1) is 0 Å². The van der Waals surface area contributed by atoms with Gasteiger partial charge in [-0.2, -0.15) is 0 Å². The van der Waals surface area contributed by atoms with Crippen molar-refractivity contribution in [1.29, 1.82) is 0 Å². The number of hydrogen-bond donors (Lipinski definition) is 0. The molecule has 0 aliphatic carbocycles. The highest BCUT2D eigenvalue weighted by Gasteiger charge is 2.23. The molecule has 1 aromatic carbocycles. The minimum Gasteiger partial charge on any atom is -0.473 e. The molecule has 1 aliphatic heterocycles. The summed E-state index contributed by atoms with van der Waals surface area (Å²) in [6.07, 6.45) is 0.210. The molecule has 3 rings (SSSR count). The van der Waals surface area contributed by atoms with E-state index in [1.54, 1.807) is 6.07 Å². The predicted molar refractivity (Wildman–Crippen MR) is 62.2 cm³/mol. The Morgan fingerprint density at radius 3 is 3.06 bits per heavy atom. The molecule has 1 aromatic heterocycles. The number of nitrogens with zero attached hydrogens (tertiary/aromatic N) is 1. The number of halogens is 1.